The van der Waals surface area contributed by atoms with Crippen molar-refractivity contribution < 1.29 is 33.1 Å². The Labute approximate surface area is 154 Å². The molecule has 0 saturated heterocycles. The number of aromatic nitrogens is 2. The first-order chi connectivity index (χ1) is 12.6. The monoisotopic (exact) mass is 410 g/mol. The van der Waals surface area contributed by atoms with Gasteiger partial charge < -0.3 is 24.0 Å². The molecule has 0 aliphatic heterocycles. The average molecular weight is 410 g/mol. The van der Waals surface area contributed by atoms with Crippen molar-refractivity contribution >= 4 is 15.2 Å². The molecule has 11 heteroatoms. The summed E-state index contributed by atoms with van der Waals surface area (Å²) < 4.78 is 28.3. The largest absolute Gasteiger partial charge is 0.416 e. The molecule has 0 aliphatic rings. The van der Waals surface area contributed by atoms with Gasteiger partial charge in [-0.15, -0.1) is 10.2 Å². The van der Waals surface area contributed by atoms with Crippen LogP contribution in [0.2, 0.25) is 0 Å². The van der Waals surface area contributed by atoms with E-state index in [0.717, 1.165) is 0 Å². The van der Waals surface area contributed by atoms with Gasteiger partial charge >= 0.3 is 15.2 Å². The van der Waals surface area contributed by atoms with E-state index in [1.54, 1.807) is 48.5 Å². The van der Waals surface area contributed by atoms with Crippen molar-refractivity contribution in [1.82, 2.24) is 10.2 Å². The van der Waals surface area contributed by atoms with Gasteiger partial charge in [0.25, 0.3) is 0 Å². The summed E-state index contributed by atoms with van der Waals surface area (Å²) in [5.74, 6) is 0.111. The number of hydrogen-bond donors (Lipinski definition) is 4. The van der Waals surface area contributed by atoms with E-state index in [4.69, 9.17) is 4.42 Å². The van der Waals surface area contributed by atoms with E-state index in [-0.39, 0.29) is 11.8 Å². The van der Waals surface area contributed by atoms with Gasteiger partial charge in [0.2, 0.25) is 11.8 Å². The Balaban J connectivity index is 2.01. The third kappa shape index (κ3) is 5.20. The molecule has 0 bridgehead atoms. The van der Waals surface area contributed by atoms with Crippen molar-refractivity contribution in [2.45, 2.75) is 12.3 Å². The first kappa shape index (κ1) is 19.6. The van der Waals surface area contributed by atoms with Crippen LogP contribution in [-0.4, -0.2) is 29.8 Å². The van der Waals surface area contributed by atoms with Crippen molar-refractivity contribution in [1.29, 1.82) is 0 Å². The van der Waals surface area contributed by atoms with Crippen LogP contribution in [0, 0.1) is 0 Å². The molecule has 3 rings (SSSR count). The van der Waals surface area contributed by atoms with Crippen LogP contribution in [0.5, 0.6) is 0 Å². The summed E-state index contributed by atoms with van der Waals surface area (Å²) in [6, 6.07) is 12.9. The molecule has 0 aliphatic carbocycles. The lowest BCUT2D eigenvalue weighted by Gasteiger charge is -2.08. The van der Waals surface area contributed by atoms with Crippen LogP contribution in [-0.2, 0) is 21.5 Å². The first-order valence-electron chi connectivity index (χ1n) is 7.71. The van der Waals surface area contributed by atoms with Crippen molar-refractivity contribution in [3.05, 3.63) is 59.7 Å². The second kappa shape index (κ2) is 7.48. The lowest BCUT2D eigenvalue weighted by molar-refractivity contribution is 0.369. The number of benzene rings is 2. The molecule has 9 nitrogen and oxygen atoms in total. The van der Waals surface area contributed by atoms with Gasteiger partial charge in [-0.3, -0.25) is 9.13 Å². The fourth-order valence-electron chi connectivity index (χ4n) is 2.62. The molecule has 4 N–H and O–H groups in total. The van der Waals surface area contributed by atoms with Crippen LogP contribution in [0.25, 0.3) is 22.9 Å². The second-order valence-electron chi connectivity index (χ2n) is 5.87. The maximum absolute atomic E-state index is 11.3. The molecule has 0 radical (unpaired) electrons. The normalized spacial score (nSPS) is 12.3. The van der Waals surface area contributed by atoms with E-state index < -0.39 is 27.5 Å². The molecule has 0 atom stereocenters. The second-order valence-corrected chi connectivity index (χ2v) is 9.16. The number of rotatable bonds is 6. The molecule has 0 amide bonds. The zero-order valence-corrected chi connectivity index (χ0v) is 15.6. The highest BCUT2D eigenvalue weighted by molar-refractivity contribution is 7.51. The van der Waals surface area contributed by atoms with Gasteiger partial charge in [0.05, 0.1) is 12.3 Å². The zero-order chi connectivity index (χ0) is 19.7. The van der Waals surface area contributed by atoms with Crippen molar-refractivity contribution in [3.8, 4) is 22.9 Å². The van der Waals surface area contributed by atoms with Gasteiger partial charge in [-0.1, -0.05) is 36.4 Å². The van der Waals surface area contributed by atoms with Gasteiger partial charge in [0, 0.05) is 11.1 Å². The predicted molar refractivity (Wildman–Crippen MR) is 96.7 cm³/mol. The molecule has 142 valence electrons. The lowest BCUT2D eigenvalue weighted by Crippen LogP contribution is -1.91. The fourth-order valence-corrected chi connectivity index (χ4v) is 4.06. The smallest absolute Gasteiger partial charge is 0.329 e. The van der Waals surface area contributed by atoms with E-state index in [1.165, 1.54) is 0 Å². The van der Waals surface area contributed by atoms with E-state index in [2.05, 4.69) is 10.2 Å². The molecular formula is C16H16N2O7P2. The zero-order valence-electron chi connectivity index (χ0n) is 13.8. The fraction of sp³-hybridized carbons (Fsp3) is 0.125. The quantitative estimate of drug-likeness (QED) is 0.449. The Kier molecular flexibility index (Phi) is 5.44. The Bertz CT molecular complexity index is 972. The van der Waals surface area contributed by atoms with Crippen LogP contribution in [0.4, 0.5) is 0 Å². The van der Waals surface area contributed by atoms with E-state index in [1.807, 2.05) is 0 Å². The number of nitrogens with zero attached hydrogens (tertiary/aromatic N) is 2. The molecule has 0 unspecified atom stereocenters. The van der Waals surface area contributed by atoms with Crippen LogP contribution in [0.3, 0.4) is 0 Å². The van der Waals surface area contributed by atoms with Crippen LogP contribution >= 0.6 is 15.2 Å². The lowest BCUT2D eigenvalue weighted by atomic mass is 10.1. The third-order valence-electron chi connectivity index (χ3n) is 3.67. The summed E-state index contributed by atoms with van der Waals surface area (Å²) in [5.41, 5.74) is 1.47. The molecular weight excluding hydrogens is 394 g/mol. The van der Waals surface area contributed by atoms with Gasteiger partial charge in [-0.2, -0.15) is 0 Å². The van der Waals surface area contributed by atoms with Crippen LogP contribution in [0.15, 0.2) is 52.9 Å². The van der Waals surface area contributed by atoms with Gasteiger partial charge in [-0.25, -0.2) is 0 Å². The summed E-state index contributed by atoms with van der Waals surface area (Å²) in [6.07, 6.45) is -0.953. The summed E-state index contributed by atoms with van der Waals surface area (Å²) in [4.78, 5) is 37.0. The Morgan fingerprint density at radius 3 is 1.44 bits per heavy atom. The van der Waals surface area contributed by atoms with Crippen molar-refractivity contribution in [2.24, 2.45) is 0 Å². The predicted octanol–water partition coefficient (Wildman–Crippen LogP) is 2.76. The highest BCUT2D eigenvalue weighted by atomic mass is 31.2. The molecule has 0 saturated carbocycles. The third-order valence-corrected chi connectivity index (χ3v) is 5.18. The van der Waals surface area contributed by atoms with E-state index >= 15 is 0 Å². The molecule has 2 aromatic carbocycles. The summed E-state index contributed by atoms with van der Waals surface area (Å²) in [5, 5.41) is 7.85. The minimum absolute atomic E-state index is 0.0556. The molecule has 1 aromatic heterocycles. The highest BCUT2D eigenvalue weighted by Crippen LogP contribution is 2.43. The standard InChI is InChI=1S/C16H16N2O7P2/c19-26(20,21)9-11-5-1-3-7-13(11)15-17-18-16(25-15)14-8-4-2-6-12(14)10-27(22,23)24/h1-8H,9-10H2,(H2,19,20,21)(H2,22,23,24). The maximum atomic E-state index is 11.3. The Morgan fingerprint density at radius 1 is 0.704 bits per heavy atom. The Hall–Kier alpha value is -2.12. The molecule has 27 heavy (non-hydrogen) atoms. The van der Waals surface area contributed by atoms with Crippen LogP contribution < -0.4 is 0 Å². The van der Waals surface area contributed by atoms with Gasteiger partial charge in [0.15, 0.2) is 0 Å². The molecule has 0 spiro atoms. The summed E-state index contributed by atoms with van der Waals surface area (Å²) in [7, 11) is -8.59. The van der Waals surface area contributed by atoms with E-state index in [9.17, 15) is 28.7 Å². The minimum Gasteiger partial charge on any atom is -0.416 e. The maximum Gasteiger partial charge on any atom is 0.329 e. The number of hydrogen-bond acceptors (Lipinski definition) is 5. The average Bonchev–Trinajstić information content (AvgIpc) is 3.02. The minimum atomic E-state index is -4.29. The molecule has 0 fully saturated rings. The highest BCUT2D eigenvalue weighted by Gasteiger charge is 2.22. The summed E-state index contributed by atoms with van der Waals surface area (Å²) >= 11 is 0. The van der Waals surface area contributed by atoms with Gasteiger partial charge in [0.1, 0.15) is 0 Å². The Morgan fingerprint density at radius 2 is 1.07 bits per heavy atom. The molecule has 3 aromatic rings. The molecule has 1 heterocycles. The van der Waals surface area contributed by atoms with E-state index in [0.29, 0.717) is 22.3 Å². The van der Waals surface area contributed by atoms with Crippen LogP contribution in [0.1, 0.15) is 11.1 Å². The topological polar surface area (TPSA) is 154 Å². The van der Waals surface area contributed by atoms with Crippen molar-refractivity contribution in [2.75, 3.05) is 0 Å². The van der Waals surface area contributed by atoms with Crippen molar-refractivity contribution in [3.63, 3.8) is 0 Å². The summed E-state index contributed by atoms with van der Waals surface area (Å²) in [6.45, 7) is 0. The van der Waals surface area contributed by atoms with Gasteiger partial charge in [-0.05, 0) is 23.3 Å². The SMILES string of the molecule is O=P(O)(O)Cc1ccccc1-c1nnc(-c2ccccc2CP(=O)(O)O)o1. The first-order valence-corrected chi connectivity index (χ1v) is 11.3.